The predicted molar refractivity (Wildman–Crippen MR) is 120 cm³/mol. The summed E-state index contributed by atoms with van der Waals surface area (Å²) in [5.41, 5.74) is 1.90. The third-order valence-electron chi connectivity index (χ3n) is 6.90. The highest BCUT2D eigenvalue weighted by molar-refractivity contribution is 6.06. The number of fused-ring (bicyclic) bond motifs is 3. The van der Waals surface area contributed by atoms with Crippen molar-refractivity contribution in [3.63, 3.8) is 0 Å². The third-order valence-corrected chi connectivity index (χ3v) is 6.90. The summed E-state index contributed by atoms with van der Waals surface area (Å²) in [6.45, 7) is 1.71. The minimum absolute atomic E-state index is 0.0927. The van der Waals surface area contributed by atoms with Crippen LogP contribution in [0.4, 0.5) is 4.79 Å². The number of esters is 1. The first kappa shape index (κ1) is 21.5. The SMILES string of the molecule is CC1=CN2C(=NC3C2C(=O)N(CC(=O)OCc2ccccc2)C(=O)N3C)N1C1CCCCC1. The molecule has 33 heavy (non-hydrogen) atoms. The van der Waals surface area contributed by atoms with Crippen molar-refractivity contribution in [2.75, 3.05) is 13.6 Å². The molecule has 1 aliphatic carbocycles. The fourth-order valence-corrected chi connectivity index (χ4v) is 5.22. The monoisotopic (exact) mass is 451 g/mol. The van der Waals surface area contributed by atoms with Crippen LogP contribution in [0.2, 0.25) is 0 Å². The molecule has 0 bridgehead atoms. The molecule has 1 saturated carbocycles. The average molecular weight is 452 g/mol. The van der Waals surface area contributed by atoms with E-state index in [9.17, 15) is 14.4 Å². The molecular weight excluding hydrogens is 422 g/mol. The summed E-state index contributed by atoms with van der Waals surface area (Å²) >= 11 is 0. The van der Waals surface area contributed by atoms with Crippen LogP contribution in [-0.4, -0.2) is 75.3 Å². The molecule has 5 rings (SSSR count). The minimum atomic E-state index is -0.673. The summed E-state index contributed by atoms with van der Waals surface area (Å²) in [5.74, 6) is -0.313. The fourth-order valence-electron chi connectivity index (χ4n) is 5.22. The number of amides is 3. The number of aliphatic imine (C=N–C) groups is 1. The van der Waals surface area contributed by atoms with Crippen molar-refractivity contribution in [1.29, 1.82) is 0 Å². The van der Waals surface area contributed by atoms with Gasteiger partial charge in [0, 0.05) is 25.0 Å². The molecule has 0 aromatic heterocycles. The zero-order valence-corrected chi connectivity index (χ0v) is 19.0. The number of benzene rings is 1. The zero-order chi connectivity index (χ0) is 23.1. The van der Waals surface area contributed by atoms with E-state index in [4.69, 9.17) is 9.73 Å². The Kier molecular flexibility index (Phi) is 5.55. The van der Waals surface area contributed by atoms with E-state index in [1.807, 2.05) is 48.4 Å². The molecule has 3 amide bonds. The normalized spacial score (nSPS) is 25.2. The lowest BCUT2D eigenvalue weighted by Crippen LogP contribution is -2.65. The van der Waals surface area contributed by atoms with Crippen molar-refractivity contribution in [2.24, 2.45) is 4.99 Å². The van der Waals surface area contributed by atoms with Gasteiger partial charge in [-0.2, -0.15) is 0 Å². The molecule has 2 atom stereocenters. The van der Waals surface area contributed by atoms with Gasteiger partial charge in [-0.3, -0.25) is 14.5 Å². The van der Waals surface area contributed by atoms with Crippen LogP contribution in [0, 0.1) is 0 Å². The molecule has 4 aliphatic rings. The average Bonchev–Trinajstić information content (AvgIpc) is 3.35. The molecule has 1 saturated heterocycles. The number of carbonyl (C=O) groups is 3. The van der Waals surface area contributed by atoms with Crippen molar-refractivity contribution in [2.45, 2.75) is 63.9 Å². The number of hydrogen-bond acceptors (Lipinski definition) is 7. The summed E-state index contributed by atoms with van der Waals surface area (Å²) in [4.78, 5) is 50.2. The maximum absolute atomic E-state index is 13.4. The summed E-state index contributed by atoms with van der Waals surface area (Å²) in [7, 11) is 1.63. The first-order valence-electron chi connectivity index (χ1n) is 11.6. The number of hydrogen-bond donors (Lipinski definition) is 0. The second-order valence-corrected chi connectivity index (χ2v) is 9.09. The highest BCUT2D eigenvalue weighted by Crippen LogP contribution is 2.37. The lowest BCUT2D eigenvalue weighted by molar-refractivity contribution is -0.151. The van der Waals surface area contributed by atoms with Gasteiger partial charge in [-0.1, -0.05) is 49.6 Å². The van der Waals surface area contributed by atoms with Crippen LogP contribution >= 0.6 is 0 Å². The van der Waals surface area contributed by atoms with Gasteiger partial charge in [0.2, 0.25) is 5.96 Å². The molecule has 3 aliphatic heterocycles. The Morgan fingerprint density at radius 3 is 2.58 bits per heavy atom. The predicted octanol–water partition coefficient (Wildman–Crippen LogP) is 2.50. The standard InChI is InChI=1S/C24H29N5O4/c1-16-13-27-20-21(25-23(27)29(16)18-11-7-4-8-12-18)26(2)24(32)28(22(20)31)14-19(30)33-15-17-9-5-3-6-10-17/h3,5-6,9-10,13,18,20-21H,4,7-8,11-12,14-15H2,1-2H3. The van der Waals surface area contributed by atoms with Gasteiger partial charge in [0.1, 0.15) is 13.2 Å². The summed E-state index contributed by atoms with van der Waals surface area (Å²) in [6.07, 6.45) is 7.15. The van der Waals surface area contributed by atoms with Crippen LogP contribution in [0.5, 0.6) is 0 Å². The van der Waals surface area contributed by atoms with Crippen LogP contribution in [0.3, 0.4) is 0 Å². The Bertz CT molecular complexity index is 1020. The van der Waals surface area contributed by atoms with Crippen molar-refractivity contribution in [3.8, 4) is 0 Å². The summed E-state index contributed by atoms with van der Waals surface area (Å²) in [5, 5.41) is 0. The van der Waals surface area contributed by atoms with E-state index < -0.39 is 36.7 Å². The maximum atomic E-state index is 13.4. The van der Waals surface area contributed by atoms with E-state index in [0.717, 1.165) is 35.0 Å². The molecule has 0 spiro atoms. The van der Waals surface area contributed by atoms with Gasteiger partial charge in [0.05, 0.1) is 0 Å². The molecule has 2 fully saturated rings. The minimum Gasteiger partial charge on any atom is -0.459 e. The number of rotatable bonds is 5. The van der Waals surface area contributed by atoms with E-state index in [1.54, 1.807) is 7.05 Å². The lowest BCUT2D eigenvalue weighted by Gasteiger charge is -2.39. The van der Waals surface area contributed by atoms with E-state index >= 15 is 0 Å². The number of imide groups is 1. The van der Waals surface area contributed by atoms with E-state index in [0.29, 0.717) is 6.04 Å². The van der Waals surface area contributed by atoms with Crippen LogP contribution < -0.4 is 0 Å². The molecular formula is C24H29N5O4. The third kappa shape index (κ3) is 3.75. The number of carbonyl (C=O) groups excluding carboxylic acids is 3. The molecule has 3 heterocycles. The van der Waals surface area contributed by atoms with Crippen molar-refractivity contribution in [1.82, 2.24) is 19.6 Å². The zero-order valence-electron chi connectivity index (χ0n) is 19.0. The molecule has 1 aromatic rings. The van der Waals surface area contributed by atoms with Gasteiger partial charge in [0.25, 0.3) is 5.91 Å². The molecule has 9 heteroatoms. The van der Waals surface area contributed by atoms with E-state index in [-0.39, 0.29) is 6.61 Å². The number of ether oxygens (including phenoxy) is 1. The summed E-state index contributed by atoms with van der Waals surface area (Å²) < 4.78 is 5.31. The molecule has 1 aromatic carbocycles. The second kappa shape index (κ2) is 8.53. The second-order valence-electron chi connectivity index (χ2n) is 9.09. The lowest BCUT2D eigenvalue weighted by atomic mass is 9.94. The van der Waals surface area contributed by atoms with Gasteiger partial charge in [-0.25, -0.2) is 9.79 Å². The fraction of sp³-hybridized carbons (Fsp3) is 0.500. The van der Waals surface area contributed by atoms with Crippen LogP contribution in [0.25, 0.3) is 0 Å². The van der Waals surface area contributed by atoms with Gasteiger partial charge in [-0.15, -0.1) is 0 Å². The highest BCUT2D eigenvalue weighted by Gasteiger charge is 2.55. The van der Waals surface area contributed by atoms with Gasteiger partial charge in [0.15, 0.2) is 12.2 Å². The number of likely N-dealkylation sites (N-methyl/N-ethyl adjacent to an activating group) is 1. The largest absolute Gasteiger partial charge is 0.459 e. The van der Waals surface area contributed by atoms with Gasteiger partial charge >= 0.3 is 12.0 Å². The first-order valence-corrected chi connectivity index (χ1v) is 11.6. The van der Waals surface area contributed by atoms with Crippen molar-refractivity contribution < 1.29 is 19.1 Å². The number of guanidine groups is 1. The van der Waals surface area contributed by atoms with E-state index in [2.05, 4.69) is 4.90 Å². The highest BCUT2D eigenvalue weighted by atomic mass is 16.5. The smallest absolute Gasteiger partial charge is 0.328 e. The molecule has 2 unspecified atom stereocenters. The molecule has 0 radical (unpaired) electrons. The number of allylic oxidation sites excluding steroid dienone is 1. The molecule has 174 valence electrons. The Morgan fingerprint density at radius 2 is 1.85 bits per heavy atom. The van der Waals surface area contributed by atoms with Crippen LogP contribution in [0.15, 0.2) is 47.2 Å². The van der Waals surface area contributed by atoms with Crippen molar-refractivity contribution in [3.05, 3.63) is 47.8 Å². The first-order chi connectivity index (χ1) is 16.0. The quantitative estimate of drug-likeness (QED) is 0.640. The topological polar surface area (TPSA) is 85.8 Å². The van der Waals surface area contributed by atoms with Crippen LogP contribution in [0.1, 0.15) is 44.6 Å². The van der Waals surface area contributed by atoms with Crippen LogP contribution in [-0.2, 0) is 20.9 Å². The number of urea groups is 1. The Balaban J connectivity index is 1.31. The Labute approximate surface area is 193 Å². The summed E-state index contributed by atoms with van der Waals surface area (Å²) in [6, 6.07) is 8.44. The Hall–Kier alpha value is -3.36. The van der Waals surface area contributed by atoms with Gasteiger partial charge in [-0.05, 0) is 25.3 Å². The maximum Gasteiger partial charge on any atom is 0.328 e. The van der Waals surface area contributed by atoms with E-state index in [1.165, 1.54) is 24.2 Å². The van der Waals surface area contributed by atoms with Crippen molar-refractivity contribution >= 4 is 23.9 Å². The van der Waals surface area contributed by atoms with Gasteiger partial charge < -0.3 is 19.4 Å². The molecule has 0 N–H and O–H groups in total. The number of nitrogens with zero attached hydrogens (tertiary/aromatic N) is 5. The Morgan fingerprint density at radius 1 is 1.12 bits per heavy atom. The molecule has 9 nitrogen and oxygen atoms in total.